The van der Waals surface area contributed by atoms with Crippen LogP contribution in [0.25, 0.3) is 4.85 Å². The van der Waals surface area contributed by atoms with Crippen LogP contribution in [0, 0.1) is 16.7 Å². The lowest BCUT2D eigenvalue weighted by Crippen LogP contribution is -1.98. The van der Waals surface area contributed by atoms with E-state index in [1.54, 1.807) is 19.1 Å². The normalized spacial score (nSPS) is 11.5. The van der Waals surface area contributed by atoms with Gasteiger partial charge in [0.05, 0.1) is 18.1 Å². The summed E-state index contributed by atoms with van der Waals surface area (Å²) in [5.41, 5.74) is 0.341. The molecule has 1 rings (SSSR count). The first kappa shape index (κ1) is 11.0. The van der Waals surface area contributed by atoms with Crippen LogP contribution < -0.4 is 4.74 Å². The molecule has 0 heterocycles. The van der Waals surface area contributed by atoms with Crippen molar-refractivity contribution in [3.05, 3.63) is 45.3 Å². The third-order valence-corrected chi connectivity index (χ3v) is 2.08. The summed E-state index contributed by atoms with van der Waals surface area (Å²) in [6, 6.07) is 3.98. The zero-order valence-electron chi connectivity index (χ0n) is 8.43. The topological polar surface area (TPSA) is 56.7 Å². The number of hydrogen-bond donors (Lipinski definition) is 0. The van der Waals surface area contributed by atoms with E-state index >= 15 is 0 Å². The monoisotopic (exact) mass is 206 g/mol. The fraction of sp³-hybridized carbons (Fsp3) is 0.300. The van der Waals surface area contributed by atoms with Gasteiger partial charge in [-0.05, 0) is 12.1 Å². The summed E-state index contributed by atoms with van der Waals surface area (Å²) in [7, 11) is 1.44. The molecule has 78 valence electrons. The van der Waals surface area contributed by atoms with Crippen molar-refractivity contribution >= 4 is 5.69 Å². The molecule has 0 amide bonds. The molecule has 0 saturated heterocycles. The maximum Gasteiger partial charge on any atom is 0.284 e. The van der Waals surface area contributed by atoms with E-state index in [0.717, 1.165) is 0 Å². The largest absolute Gasteiger partial charge is 0.497 e. The van der Waals surface area contributed by atoms with Gasteiger partial charge in [-0.2, -0.15) is 0 Å². The van der Waals surface area contributed by atoms with E-state index in [-0.39, 0.29) is 5.69 Å². The smallest absolute Gasteiger partial charge is 0.284 e. The maximum atomic E-state index is 10.8. The number of ether oxygens (including phenoxy) is 1. The number of nitro groups is 1. The minimum atomic E-state index is -0.517. The molecule has 0 fully saturated rings. The van der Waals surface area contributed by atoms with Crippen LogP contribution in [0.3, 0.4) is 0 Å². The van der Waals surface area contributed by atoms with Gasteiger partial charge in [-0.25, -0.2) is 6.57 Å². The first-order chi connectivity index (χ1) is 7.10. The Balaban J connectivity index is 3.28. The van der Waals surface area contributed by atoms with Crippen molar-refractivity contribution in [3.63, 3.8) is 0 Å². The molecular formula is C10H10N2O3. The highest BCUT2D eigenvalue weighted by Gasteiger charge is 2.22. The molecule has 1 aromatic rings. The van der Waals surface area contributed by atoms with Gasteiger partial charge in [0.15, 0.2) is 0 Å². The predicted octanol–water partition coefficient (Wildman–Crippen LogP) is 2.58. The number of rotatable bonds is 3. The summed E-state index contributed by atoms with van der Waals surface area (Å²) < 4.78 is 4.89. The number of nitro benzene ring substituents is 1. The summed E-state index contributed by atoms with van der Waals surface area (Å²) in [6.07, 6.45) is 0. The Labute approximate surface area is 87.3 Å². The molecule has 15 heavy (non-hydrogen) atoms. The van der Waals surface area contributed by atoms with Crippen LogP contribution in [0.5, 0.6) is 5.75 Å². The highest BCUT2D eigenvalue weighted by Crippen LogP contribution is 2.30. The molecule has 5 nitrogen and oxygen atoms in total. The van der Waals surface area contributed by atoms with Crippen molar-refractivity contribution in [2.75, 3.05) is 7.11 Å². The van der Waals surface area contributed by atoms with E-state index in [2.05, 4.69) is 4.85 Å². The minimum Gasteiger partial charge on any atom is -0.497 e. The summed E-state index contributed by atoms with van der Waals surface area (Å²) in [5.74, 6) is 0.419. The number of hydrogen-bond acceptors (Lipinski definition) is 3. The fourth-order valence-electron chi connectivity index (χ4n) is 1.23. The van der Waals surface area contributed by atoms with Crippen LogP contribution in [-0.4, -0.2) is 12.0 Å². The van der Waals surface area contributed by atoms with Gasteiger partial charge in [-0.15, -0.1) is 0 Å². The van der Waals surface area contributed by atoms with Crippen LogP contribution >= 0.6 is 0 Å². The minimum absolute atomic E-state index is 0.0714. The third-order valence-electron chi connectivity index (χ3n) is 2.08. The van der Waals surface area contributed by atoms with Crippen molar-refractivity contribution < 1.29 is 9.66 Å². The van der Waals surface area contributed by atoms with E-state index in [1.165, 1.54) is 13.2 Å². The van der Waals surface area contributed by atoms with Crippen LogP contribution in [0.1, 0.15) is 18.5 Å². The molecule has 0 aromatic heterocycles. The highest BCUT2D eigenvalue weighted by atomic mass is 16.6. The van der Waals surface area contributed by atoms with Crippen LogP contribution in [-0.2, 0) is 0 Å². The van der Waals surface area contributed by atoms with Gasteiger partial charge in [0.25, 0.3) is 11.7 Å². The molecule has 0 aliphatic heterocycles. The predicted molar refractivity (Wildman–Crippen MR) is 54.7 cm³/mol. The van der Waals surface area contributed by atoms with Crippen LogP contribution in [0.2, 0.25) is 0 Å². The summed E-state index contributed by atoms with van der Waals surface area (Å²) in [4.78, 5) is 13.5. The first-order valence-electron chi connectivity index (χ1n) is 4.29. The molecule has 0 saturated carbocycles. The lowest BCUT2D eigenvalue weighted by molar-refractivity contribution is -0.385. The van der Waals surface area contributed by atoms with Crippen molar-refractivity contribution in [1.29, 1.82) is 0 Å². The van der Waals surface area contributed by atoms with Gasteiger partial charge in [0.1, 0.15) is 11.3 Å². The van der Waals surface area contributed by atoms with E-state index in [0.29, 0.717) is 11.3 Å². The van der Waals surface area contributed by atoms with E-state index in [1.807, 2.05) is 0 Å². The molecule has 0 aliphatic carbocycles. The zero-order chi connectivity index (χ0) is 11.4. The van der Waals surface area contributed by atoms with Crippen molar-refractivity contribution in [2.45, 2.75) is 13.0 Å². The number of nitrogens with zero attached hydrogens (tertiary/aromatic N) is 2. The number of benzene rings is 1. The number of methoxy groups -OCH3 is 1. The van der Waals surface area contributed by atoms with Gasteiger partial charge in [-0.3, -0.25) is 10.1 Å². The lowest BCUT2D eigenvalue weighted by Gasteiger charge is -2.04. The Morgan fingerprint density at radius 1 is 1.60 bits per heavy atom. The Hall–Kier alpha value is -2.09. The van der Waals surface area contributed by atoms with Crippen molar-refractivity contribution in [1.82, 2.24) is 0 Å². The molecule has 0 spiro atoms. The van der Waals surface area contributed by atoms with Gasteiger partial charge in [-0.1, -0.05) is 0 Å². The maximum absolute atomic E-state index is 10.8. The van der Waals surface area contributed by atoms with Gasteiger partial charge in [0.2, 0.25) is 0 Å². The molecule has 1 unspecified atom stereocenters. The Kier molecular flexibility index (Phi) is 3.24. The van der Waals surface area contributed by atoms with Gasteiger partial charge >= 0.3 is 0 Å². The molecule has 0 N–H and O–H groups in total. The molecule has 1 atom stereocenters. The molecular weight excluding hydrogens is 196 g/mol. The molecule has 0 radical (unpaired) electrons. The second-order valence-corrected chi connectivity index (χ2v) is 2.99. The average molecular weight is 206 g/mol. The highest BCUT2D eigenvalue weighted by molar-refractivity contribution is 5.48. The Morgan fingerprint density at radius 3 is 2.73 bits per heavy atom. The Morgan fingerprint density at radius 2 is 2.27 bits per heavy atom. The lowest BCUT2D eigenvalue weighted by atomic mass is 10.1. The van der Waals surface area contributed by atoms with Crippen LogP contribution in [0.15, 0.2) is 18.2 Å². The van der Waals surface area contributed by atoms with E-state index in [4.69, 9.17) is 11.3 Å². The standard InChI is InChI=1S/C10H10N2O3/c1-7(11-2)9-5-4-8(15-3)6-10(9)12(13)14/h4-7H,1,3H3. The van der Waals surface area contributed by atoms with E-state index < -0.39 is 11.0 Å². The molecule has 1 aromatic carbocycles. The van der Waals surface area contributed by atoms with Gasteiger partial charge < -0.3 is 9.58 Å². The summed E-state index contributed by atoms with van der Waals surface area (Å²) >= 11 is 0. The molecule has 5 heteroatoms. The quantitative estimate of drug-likeness (QED) is 0.434. The summed E-state index contributed by atoms with van der Waals surface area (Å²) in [5, 5.41) is 10.8. The SMILES string of the molecule is [C-]#[N+]C(C)c1ccc(OC)cc1[N+](=O)[O-]. The fourth-order valence-corrected chi connectivity index (χ4v) is 1.23. The van der Waals surface area contributed by atoms with E-state index in [9.17, 15) is 10.1 Å². The molecule has 0 aliphatic rings. The average Bonchev–Trinajstić information content (AvgIpc) is 2.27. The van der Waals surface area contributed by atoms with Gasteiger partial charge in [0, 0.05) is 6.92 Å². The van der Waals surface area contributed by atoms with Crippen LogP contribution in [0.4, 0.5) is 5.69 Å². The van der Waals surface area contributed by atoms with Crippen molar-refractivity contribution in [2.24, 2.45) is 0 Å². The summed E-state index contributed by atoms with van der Waals surface area (Å²) in [6.45, 7) is 8.48. The van der Waals surface area contributed by atoms with Crippen molar-refractivity contribution in [3.8, 4) is 5.75 Å². The zero-order valence-corrected chi connectivity index (χ0v) is 8.43. The first-order valence-corrected chi connectivity index (χ1v) is 4.29. The second kappa shape index (κ2) is 4.42. The third kappa shape index (κ3) is 2.23. The molecule has 0 bridgehead atoms. The second-order valence-electron chi connectivity index (χ2n) is 2.99. The Bertz CT molecular complexity index is 423.